The van der Waals surface area contributed by atoms with Crippen LogP contribution in [-0.2, 0) is 9.53 Å². The molecule has 2 heterocycles. The van der Waals surface area contributed by atoms with Gasteiger partial charge in [-0.2, -0.15) is 10.1 Å². The van der Waals surface area contributed by atoms with Crippen molar-refractivity contribution < 1.29 is 19.1 Å². The van der Waals surface area contributed by atoms with E-state index < -0.39 is 17.8 Å². The maximum Gasteiger partial charge on any atom is 0.337 e. The molecule has 10 nitrogen and oxygen atoms in total. The monoisotopic (exact) mass is 428 g/mol. The number of nitrogens with zero attached hydrogens (tertiary/aromatic N) is 4. The number of hydrogen-bond acceptors (Lipinski definition) is 8. The quantitative estimate of drug-likeness (QED) is 0.422. The standard InChI is InChI=1S/C19H17ClN6O4/c1-10(21-24-17(27)12-4-6-13(7-5-12)19(29)30-3)16-11(2)25-26(18(16)28)15-9-8-14(20)22-23-15/h4-9,21H,1-3H3,(H,24,27). The lowest BCUT2D eigenvalue weighted by Gasteiger charge is -2.13. The minimum atomic E-state index is -0.495. The summed E-state index contributed by atoms with van der Waals surface area (Å²) >= 11 is 5.72. The van der Waals surface area contributed by atoms with Crippen molar-refractivity contribution in [3.63, 3.8) is 0 Å². The maximum atomic E-state index is 12.7. The van der Waals surface area contributed by atoms with Crippen molar-refractivity contribution in [2.45, 2.75) is 13.8 Å². The second-order valence-corrected chi connectivity index (χ2v) is 6.55. The maximum absolute atomic E-state index is 12.7. The topological polar surface area (TPSA) is 126 Å². The molecule has 0 spiro atoms. The molecule has 2 aromatic rings. The molecular formula is C19H17ClN6O4. The van der Waals surface area contributed by atoms with Gasteiger partial charge in [-0.05, 0) is 50.2 Å². The first-order chi connectivity index (χ1) is 14.3. The fraction of sp³-hybridized carbons (Fsp3) is 0.158. The van der Waals surface area contributed by atoms with Crippen molar-refractivity contribution in [3.05, 3.63) is 63.9 Å². The van der Waals surface area contributed by atoms with Gasteiger partial charge >= 0.3 is 5.97 Å². The van der Waals surface area contributed by atoms with Gasteiger partial charge in [0.25, 0.3) is 11.8 Å². The molecule has 3 rings (SSSR count). The van der Waals surface area contributed by atoms with Crippen LogP contribution in [0.25, 0.3) is 0 Å². The SMILES string of the molecule is COC(=O)c1ccc(C(=O)NNC(C)=C2C(=O)N(c3ccc(Cl)nn3)N=C2C)cc1. The molecule has 0 fully saturated rings. The highest BCUT2D eigenvalue weighted by Gasteiger charge is 2.31. The molecule has 0 unspecified atom stereocenters. The molecule has 11 heteroatoms. The number of aromatic nitrogens is 2. The summed E-state index contributed by atoms with van der Waals surface area (Å²) in [7, 11) is 1.28. The number of nitrogens with one attached hydrogen (secondary N) is 2. The Balaban J connectivity index is 1.70. The summed E-state index contributed by atoms with van der Waals surface area (Å²) in [4.78, 5) is 36.5. The van der Waals surface area contributed by atoms with Crippen LogP contribution in [0.5, 0.6) is 0 Å². The summed E-state index contributed by atoms with van der Waals surface area (Å²) in [6.07, 6.45) is 0. The van der Waals surface area contributed by atoms with Gasteiger partial charge < -0.3 is 10.2 Å². The summed E-state index contributed by atoms with van der Waals surface area (Å²) in [6.45, 7) is 3.29. The molecule has 0 aliphatic carbocycles. The van der Waals surface area contributed by atoms with Crippen LogP contribution in [0.4, 0.5) is 5.82 Å². The molecule has 0 saturated carbocycles. The highest BCUT2D eigenvalue weighted by molar-refractivity contribution is 6.30. The summed E-state index contributed by atoms with van der Waals surface area (Å²) in [5, 5.41) is 13.0. The van der Waals surface area contributed by atoms with E-state index in [-0.39, 0.29) is 16.5 Å². The number of allylic oxidation sites excluding steroid dienone is 1. The third-order valence-corrected chi connectivity index (χ3v) is 4.36. The Kier molecular flexibility index (Phi) is 6.07. The molecule has 1 aliphatic heterocycles. The largest absolute Gasteiger partial charge is 0.465 e. The Hall–Kier alpha value is -3.79. The number of amides is 2. The number of halogens is 1. The van der Waals surface area contributed by atoms with Gasteiger partial charge in [0.15, 0.2) is 11.0 Å². The van der Waals surface area contributed by atoms with Gasteiger partial charge in [0.05, 0.1) is 24.0 Å². The van der Waals surface area contributed by atoms with Gasteiger partial charge in [0.2, 0.25) is 0 Å². The molecule has 2 amide bonds. The van der Waals surface area contributed by atoms with Crippen molar-refractivity contribution >= 4 is 40.9 Å². The Morgan fingerprint density at radius 2 is 1.70 bits per heavy atom. The van der Waals surface area contributed by atoms with Crippen LogP contribution >= 0.6 is 11.6 Å². The fourth-order valence-electron chi connectivity index (χ4n) is 2.68. The first-order valence-electron chi connectivity index (χ1n) is 8.66. The van der Waals surface area contributed by atoms with E-state index in [0.29, 0.717) is 22.5 Å². The molecule has 0 bridgehead atoms. The van der Waals surface area contributed by atoms with Crippen LogP contribution < -0.4 is 15.9 Å². The Morgan fingerprint density at radius 1 is 1.03 bits per heavy atom. The zero-order valence-corrected chi connectivity index (χ0v) is 17.0. The second-order valence-electron chi connectivity index (χ2n) is 6.16. The van der Waals surface area contributed by atoms with Gasteiger partial charge in [-0.1, -0.05) is 11.6 Å². The number of carbonyl (C=O) groups excluding carboxylic acids is 3. The van der Waals surface area contributed by atoms with E-state index in [1.807, 2.05) is 0 Å². The molecule has 0 saturated heterocycles. The minimum Gasteiger partial charge on any atom is -0.465 e. The van der Waals surface area contributed by atoms with Gasteiger partial charge in [0, 0.05) is 11.3 Å². The van der Waals surface area contributed by atoms with E-state index in [0.717, 1.165) is 5.01 Å². The number of ether oxygens (including phenoxy) is 1. The highest BCUT2D eigenvalue weighted by Crippen LogP contribution is 2.23. The van der Waals surface area contributed by atoms with Crippen LogP contribution in [0.2, 0.25) is 5.15 Å². The molecule has 0 radical (unpaired) electrons. The fourth-order valence-corrected chi connectivity index (χ4v) is 2.78. The summed E-state index contributed by atoms with van der Waals surface area (Å²) in [5.74, 6) is -1.15. The van der Waals surface area contributed by atoms with Gasteiger partial charge in [0.1, 0.15) is 0 Å². The molecular weight excluding hydrogens is 412 g/mol. The minimum absolute atomic E-state index is 0.196. The average Bonchev–Trinajstić information content (AvgIpc) is 3.05. The predicted octanol–water partition coefficient (Wildman–Crippen LogP) is 1.85. The third-order valence-electron chi connectivity index (χ3n) is 4.16. The van der Waals surface area contributed by atoms with E-state index in [4.69, 9.17) is 11.6 Å². The van der Waals surface area contributed by atoms with Crippen LogP contribution in [-0.4, -0.2) is 40.8 Å². The number of rotatable bonds is 5. The number of carbonyl (C=O) groups is 3. The molecule has 1 aromatic carbocycles. The van der Waals surface area contributed by atoms with Crippen LogP contribution in [0, 0.1) is 0 Å². The van der Waals surface area contributed by atoms with Crippen LogP contribution in [0.3, 0.4) is 0 Å². The summed E-state index contributed by atoms with van der Waals surface area (Å²) in [6, 6.07) is 8.96. The van der Waals surface area contributed by atoms with Crippen LogP contribution in [0.15, 0.2) is 52.8 Å². The molecule has 1 aromatic heterocycles. The normalized spacial score (nSPS) is 14.9. The van der Waals surface area contributed by atoms with E-state index in [9.17, 15) is 14.4 Å². The van der Waals surface area contributed by atoms with Crippen molar-refractivity contribution in [3.8, 4) is 0 Å². The number of methoxy groups -OCH3 is 1. The zero-order valence-electron chi connectivity index (χ0n) is 16.3. The number of esters is 1. The van der Waals surface area contributed by atoms with Crippen molar-refractivity contribution in [2.75, 3.05) is 12.1 Å². The molecule has 2 N–H and O–H groups in total. The first kappa shape index (κ1) is 20.9. The zero-order chi connectivity index (χ0) is 21.8. The van der Waals surface area contributed by atoms with Gasteiger partial charge in [-0.3, -0.25) is 15.0 Å². The predicted molar refractivity (Wildman–Crippen MR) is 109 cm³/mol. The van der Waals surface area contributed by atoms with Gasteiger partial charge in [-0.25, -0.2) is 4.79 Å². The number of benzene rings is 1. The Morgan fingerprint density at radius 3 is 2.30 bits per heavy atom. The Bertz CT molecular complexity index is 1060. The lowest BCUT2D eigenvalue weighted by atomic mass is 10.1. The van der Waals surface area contributed by atoms with Gasteiger partial charge in [-0.15, -0.1) is 10.2 Å². The third kappa shape index (κ3) is 4.28. The highest BCUT2D eigenvalue weighted by atomic mass is 35.5. The molecule has 0 atom stereocenters. The van der Waals surface area contributed by atoms with E-state index in [1.165, 1.54) is 43.5 Å². The smallest absolute Gasteiger partial charge is 0.337 e. The van der Waals surface area contributed by atoms with Crippen molar-refractivity contribution in [2.24, 2.45) is 5.10 Å². The first-order valence-corrected chi connectivity index (χ1v) is 9.04. The summed E-state index contributed by atoms with van der Waals surface area (Å²) < 4.78 is 4.62. The van der Waals surface area contributed by atoms with E-state index >= 15 is 0 Å². The molecule has 1 aliphatic rings. The van der Waals surface area contributed by atoms with Crippen molar-refractivity contribution in [1.82, 2.24) is 21.0 Å². The molecule has 30 heavy (non-hydrogen) atoms. The van der Waals surface area contributed by atoms with E-state index in [2.05, 4.69) is 30.9 Å². The number of hydrazine groups is 1. The lowest BCUT2D eigenvalue weighted by molar-refractivity contribution is -0.114. The van der Waals surface area contributed by atoms with Crippen molar-refractivity contribution in [1.29, 1.82) is 0 Å². The van der Waals surface area contributed by atoms with E-state index in [1.54, 1.807) is 13.8 Å². The number of hydrazone groups is 1. The second kappa shape index (κ2) is 8.70. The summed E-state index contributed by atoms with van der Waals surface area (Å²) in [5.41, 5.74) is 6.99. The number of hydrogen-bond donors (Lipinski definition) is 2. The molecule has 154 valence electrons. The lowest BCUT2D eigenvalue weighted by Crippen LogP contribution is -2.38. The number of anilines is 1. The Labute approximate surface area is 176 Å². The average molecular weight is 429 g/mol. The van der Waals surface area contributed by atoms with Crippen LogP contribution in [0.1, 0.15) is 34.6 Å².